The summed E-state index contributed by atoms with van der Waals surface area (Å²) in [6.45, 7) is 2.03. The van der Waals surface area contributed by atoms with Gasteiger partial charge in [-0.25, -0.2) is 12.8 Å². The maximum absolute atomic E-state index is 13.0. The van der Waals surface area contributed by atoms with Gasteiger partial charge in [0.1, 0.15) is 5.82 Å². The zero-order valence-electron chi connectivity index (χ0n) is 16.1. The van der Waals surface area contributed by atoms with Crippen LogP contribution in [-0.2, 0) is 10.0 Å². The van der Waals surface area contributed by atoms with Crippen molar-refractivity contribution in [1.82, 2.24) is 10.2 Å². The summed E-state index contributed by atoms with van der Waals surface area (Å²) in [4.78, 5) is -0.00809. The predicted molar refractivity (Wildman–Crippen MR) is 116 cm³/mol. The summed E-state index contributed by atoms with van der Waals surface area (Å²) >= 11 is 0. The number of nitrogens with one attached hydrogen (secondary N) is 3. The molecule has 4 aromatic rings. The van der Waals surface area contributed by atoms with Gasteiger partial charge in [-0.3, -0.25) is 9.82 Å². The molecule has 1 heterocycles. The van der Waals surface area contributed by atoms with Gasteiger partial charge < -0.3 is 5.32 Å². The highest BCUT2D eigenvalue weighted by molar-refractivity contribution is 7.92. The minimum Gasteiger partial charge on any atom is -0.339 e. The van der Waals surface area contributed by atoms with E-state index in [2.05, 4.69) is 20.2 Å². The van der Waals surface area contributed by atoms with Crippen LogP contribution in [0.2, 0.25) is 0 Å². The van der Waals surface area contributed by atoms with E-state index in [4.69, 9.17) is 0 Å². The van der Waals surface area contributed by atoms with Crippen molar-refractivity contribution < 1.29 is 12.8 Å². The van der Waals surface area contributed by atoms with E-state index < -0.39 is 15.8 Å². The smallest absolute Gasteiger partial charge is 0.261 e. The number of hydrogen-bond donors (Lipinski definition) is 3. The topological polar surface area (TPSA) is 86.9 Å². The van der Waals surface area contributed by atoms with Gasteiger partial charge in [-0.05, 0) is 61.0 Å². The molecule has 0 amide bonds. The average molecular weight is 422 g/mol. The number of anilines is 3. The van der Waals surface area contributed by atoms with Crippen LogP contribution < -0.4 is 10.0 Å². The molecule has 0 fully saturated rings. The fraction of sp³-hybridized carbons (Fsp3) is 0.0455. The minimum atomic E-state index is -3.79. The lowest BCUT2D eigenvalue weighted by Crippen LogP contribution is -2.12. The fourth-order valence-electron chi connectivity index (χ4n) is 2.86. The third-order valence-corrected chi connectivity index (χ3v) is 5.87. The molecule has 152 valence electrons. The first-order valence-corrected chi connectivity index (χ1v) is 10.7. The van der Waals surface area contributed by atoms with Crippen molar-refractivity contribution in [3.8, 4) is 11.3 Å². The summed E-state index contributed by atoms with van der Waals surface area (Å²) in [6.07, 6.45) is 0. The van der Waals surface area contributed by atoms with Gasteiger partial charge in [0.15, 0.2) is 5.82 Å². The molecule has 1 aromatic heterocycles. The number of halogens is 1. The van der Waals surface area contributed by atoms with Gasteiger partial charge in [0, 0.05) is 17.4 Å². The molecule has 0 radical (unpaired) electrons. The number of aryl methyl sites for hydroxylation is 1. The molecule has 30 heavy (non-hydrogen) atoms. The van der Waals surface area contributed by atoms with Crippen molar-refractivity contribution >= 4 is 27.2 Å². The normalized spacial score (nSPS) is 11.3. The van der Waals surface area contributed by atoms with E-state index in [1.54, 1.807) is 24.3 Å². The average Bonchev–Trinajstić information content (AvgIpc) is 3.19. The molecule has 8 heteroatoms. The van der Waals surface area contributed by atoms with Crippen LogP contribution in [0.1, 0.15) is 5.56 Å². The Morgan fingerprint density at radius 1 is 0.867 bits per heavy atom. The number of benzene rings is 3. The number of aromatic nitrogens is 2. The Labute approximate surface area is 173 Å². The molecular formula is C22H19FN4O2S. The third-order valence-electron chi connectivity index (χ3n) is 4.47. The molecule has 0 aliphatic rings. The lowest BCUT2D eigenvalue weighted by Gasteiger charge is -2.09. The van der Waals surface area contributed by atoms with Crippen molar-refractivity contribution in [2.75, 3.05) is 10.0 Å². The number of sulfonamides is 1. The van der Waals surface area contributed by atoms with Gasteiger partial charge in [-0.1, -0.05) is 29.8 Å². The molecule has 0 saturated carbocycles. The van der Waals surface area contributed by atoms with Crippen LogP contribution in [0, 0.1) is 12.7 Å². The summed E-state index contributed by atoms with van der Waals surface area (Å²) in [7, 11) is -3.79. The molecule has 0 unspecified atom stereocenters. The Balaban J connectivity index is 1.44. The van der Waals surface area contributed by atoms with Crippen LogP contribution in [-0.4, -0.2) is 18.6 Å². The Morgan fingerprint density at radius 2 is 1.50 bits per heavy atom. The number of nitrogens with zero attached hydrogens (tertiary/aromatic N) is 1. The fourth-order valence-corrected chi connectivity index (χ4v) is 3.92. The minimum absolute atomic E-state index is 0.00809. The summed E-state index contributed by atoms with van der Waals surface area (Å²) in [5.41, 5.74) is 4.26. The van der Waals surface area contributed by atoms with Crippen LogP contribution in [0.3, 0.4) is 0 Å². The van der Waals surface area contributed by atoms with Gasteiger partial charge in [-0.15, -0.1) is 0 Å². The van der Waals surface area contributed by atoms with E-state index >= 15 is 0 Å². The maximum atomic E-state index is 13.0. The summed E-state index contributed by atoms with van der Waals surface area (Å²) in [6, 6.07) is 21.4. The first kappa shape index (κ1) is 19.7. The third kappa shape index (κ3) is 4.49. The largest absolute Gasteiger partial charge is 0.339 e. The Morgan fingerprint density at radius 3 is 2.17 bits per heavy atom. The highest BCUT2D eigenvalue weighted by Crippen LogP contribution is 2.24. The predicted octanol–water partition coefficient (Wildman–Crippen LogP) is 5.07. The lowest BCUT2D eigenvalue weighted by atomic mass is 10.1. The van der Waals surface area contributed by atoms with E-state index in [0.717, 1.165) is 29.1 Å². The van der Waals surface area contributed by atoms with Crippen LogP contribution in [0.4, 0.5) is 21.6 Å². The molecule has 3 aromatic carbocycles. The van der Waals surface area contributed by atoms with Crippen LogP contribution in [0.15, 0.2) is 83.8 Å². The summed E-state index contributed by atoms with van der Waals surface area (Å²) in [5, 5.41) is 10.4. The maximum Gasteiger partial charge on any atom is 0.261 e. The Hall–Kier alpha value is -3.65. The standard InChI is InChI=1S/C22H19FN4O2S/c1-15-2-4-16(5-3-15)21-14-22(26-25-21)24-18-8-10-19(11-9-18)27-30(28,29)20-12-6-17(23)7-13-20/h2-14,27H,1H3,(H2,24,25,26). The molecule has 3 N–H and O–H groups in total. The second kappa shape index (κ2) is 8.00. The molecule has 0 atom stereocenters. The Kier molecular flexibility index (Phi) is 5.24. The quantitative estimate of drug-likeness (QED) is 0.405. The summed E-state index contributed by atoms with van der Waals surface area (Å²) < 4.78 is 40.3. The molecule has 0 aliphatic carbocycles. The SMILES string of the molecule is Cc1ccc(-c2cc(Nc3ccc(NS(=O)(=O)c4ccc(F)cc4)cc3)n[nH]2)cc1. The first-order chi connectivity index (χ1) is 14.4. The van der Waals surface area contributed by atoms with Gasteiger partial charge in [0.05, 0.1) is 10.6 Å². The van der Waals surface area contributed by atoms with Gasteiger partial charge in [-0.2, -0.15) is 5.10 Å². The number of hydrogen-bond acceptors (Lipinski definition) is 4. The Bertz CT molecular complexity index is 1250. The van der Waals surface area contributed by atoms with Crippen LogP contribution in [0.25, 0.3) is 11.3 Å². The number of H-pyrrole nitrogens is 1. The monoisotopic (exact) mass is 422 g/mol. The second-order valence-electron chi connectivity index (χ2n) is 6.79. The lowest BCUT2D eigenvalue weighted by molar-refractivity contribution is 0.599. The summed E-state index contributed by atoms with van der Waals surface area (Å²) in [5.74, 6) is 0.151. The number of aromatic amines is 1. The van der Waals surface area contributed by atoms with Crippen molar-refractivity contribution in [2.24, 2.45) is 0 Å². The molecule has 0 saturated heterocycles. The van der Waals surface area contributed by atoms with Crippen molar-refractivity contribution in [3.05, 3.63) is 90.2 Å². The molecular weight excluding hydrogens is 403 g/mol. The zero-order chi connectivity index (χ0) is 21.1. The van der Waals surface area contributed by atoms with Crippen molar-refractivity contribution in [1.29, 1.82) is 0 Å². The number of rotatable bonds is 6. The van der Waals surface area contributed by atoms with Crippen LogP contribution in [0.5, 0.6) is 0 Å². The van der Waals surface area contributed by atoms with Crippen LogP contribution >= 0.6 is 0 Å². The molecule has 4 rings (SSSR count). The van der Waals surface area contributed by atoms with Gasteiger partial charge in [0.25, 0.3) is 10.0 Å². The van der Waals surface area contributed by atoms with E-state index in [1.165, 1.54) is 17.7 Å². The van der Waals surface area contributed by atoms with E-state index in [1.807, 2.05) is 37.3 Å². The molecule has 6 nitrogen and oxygen atoms in total. The molecule has 0 aliphatic heterocycles. The van der Waals surface area contributed by atoms with Gasteiger partial charge >= 0.3 is 0 Å². The van der Waals surface area contributed by atoms with E-state index in [9.17, 15) is 12.8 Å². The second-order valence-corrected chi connectivity index (χ2v) is 8.48. The highest BCUT2D eigenvalue weighted by Gasteiger charge is 2.14. The zero-order valence-corrected chi connectivity index (χ0v) is 16.9. The first-order valence-electron chi connectivity index (χ1n) is 9.17. The molecule has 0 bridgehead atoms. The van der Waals surface area contributed by atoms with Gasteiger partial charge in [0.2, 0.25) is 0 Å². The van der Waals surface area contributed by atoms with E-state index in [-0.39, 0.29) is 4.90 Å². The van der Waals surface area contributed by atoms with Crippen molar-refractivity contribution in [2.45, 2.75) is 11.8 Å². The van der Waals surface area contributed by atoms with Crippen molar-refractivity contribution in [3.63, 3.8) is 0 Å². The van der Waals surface area contributed by atoms with E-state index in [0.29, 0.717) is 11.5 Å². The molecule has 0 spiro atoms. The highest BCUT2D eigenvalue weighted by atomic mass is 32.2.